The third kappa shape index (κ3) is 3.54. The second-order valence-corrected chi connectivity index (χ2v) is 13.8. The summed E-state index contributed by atoms with van der Waals surface area (Å²) in [6.07, 6.45) is -4.91. The number of alkyl halides is 3. The Labute approximate surface area is 187 Å². The van der Waals surface area contributed by atoms with Crippen molar-refractivity contribution in [3.63, 3.8) is 0 Å². The number of benzene rings is 3. The Bertz CT molecular complexity index is 1370. The lowest BCUT2D eigenvalue weighted by Crippen LogP contribution is -2.22. The summed E-state index contributed by atoms with van der Waals surface area (Å²) in [6, 6.07) is 15.6. The van der Waals surface area contributed by atoms with Crippen LogP contribution in [0.3, 0.4) is 0 Å². The molecule has 0 amide bonds. The molecule has 3 aromatic carbocycles. The van der Waals surface area contributed by atoms with Crippen molar-refractivity contribution in [3.8, 4) is 0 Å². The highest BCUT2D eigenvalue weighted by atomic mass is 32.2. The third-order valence-corrected chi connectivity index (χ3v) is 11.8. The van der Waals surface area contributed by atoms with Gasteiger partial charge in [-0.1, -0.05) is 24.3 Å². The molecule has 0 aromatic heterocycles. The van der Waals surface area contributed by atoms with Crippen LogP contribution in [0.4, 0.5) is 13.2 Å². The van der Waals surface area contributed by atoms with Crippen molar-refractivity contribution in [2.45, 2.75) is 54.6 Å². The van der Waals surface area contributed by atoms with Crippen molar-refractivity contribution in [2.24, 2.45) is 0 Å². The van der Waals surface area contributed by atoms with Crippen LogP contribution in [0.25, 0.3) is 0 Å². The van der Waals surface area contributed by atoms with E-state index in [2.05, 4.69) is 0 Å². The number of halogens is 3. The van der Waals surface area contributed by atoms with Crippen LogP contribution in [-0.2, 0) is 36.7 Å². The fourth-order valence-corrected chi connectivity index (χ4v) is 9.51. The highest BCUT2D eigenvalue weighted by Gasteiger charge is 2.47. The van der Waals surface area contributed by atoms with Gasteiger partial charge in [-0.3, -0.25) is 0 Å². The molecule has 1 heterocycles. The van der Waals surface area contributed by atoms with Crippen molar-refractivity contribution < 1.29 is 30.0 Å². The summed E-state index contributed by atoms with van der Waals surface area (Å²) in [7, 11) is -9.19. The number of sulfone groups is 2. The van der Waals surface area contributed by atoms with Gasteiger partial charge >= 0.3 is 6.18 Å². The van der Waals surface area contributed by atoms with Crippen LogP contribution >= 0.6 is 0 Å². The van der Waals surface area contributed by atoms with E-state index in [9.17, 15) is 30.0 Å². The molecule has 4 rings (SSSR count). The molecule has 32 heavy (non-hydrogen) atoms. The Morgan fingerprint density at radius 3 is 1.81 bits per heavy atom. The molecule has 0 atom stereocenters. The van der Waals surface area contributed by atoms with E-state index >= 15 is 0 Å². The van der Waals surface area contributed by atoms with Gasteiger partial charge in [-0.2, -0.15) is 13.2 Å². The van der Waals surface area contributed by atoms with Gasteiger partial charge in [0.1, 0.15) is 20.7 Å². The molecule has 0 saturated carbocycles. The second kappa shape index (κ2) is 7.64. The lowest BCUT2D eigenvalue weighted by Gasteiger charge is -2.21. The van der Waals surface area contributed by atoms with Crippen LogP contribution in [0.1, 0.15) is 19.4 Å². The first-order valence-electron chi connectivity index (χ1n) is 9.49. The van der Waals surface area contributed by atoms with Crippen molar-refractivity contribution in [1.29, 1.82) is 0 Å². The minimum atomic E-state index is -4.91. The molecule has 0 fully saturated rings. The molecule has 0 unspecified atom stereocenters. The molecule has 1 aliphatic rings. The predicted molar refractivity (Wildman–Crippen MR) is 114 cm³/mol. The zero-order valence-electron chi connectivity index (χ0n) is 16.9. The summed E-state index contributed by atoms with van der Waals surface area (Å²) < 4.78 is 93.2. The average molecular weight is 500 g/mol. The number of fused-ring (bicyclic) bond motifs is 2. The van der Waals surface area contributed by atoms with Gasteiger partial charge < -0.3 is 0 Å². The normalized spacial score (nSPS) is 15.9. The van der Waals surface area contributed by atoms with Crippen molar-refractivity contribution >= 4 is 30.6 Å². The highest BCUT2D eigenvalue weighted by molar-refractivity contribution is 8.00. The minimum Gasteiger partial charge on any atom is -0.223 e. The molecule has 4 nitrogen and oxygen atoms in total. The Morgan fingerprint density at radius 2 is 1.34 bits per heavy atom. The Morgan fingerprint density at radius 1 is 0.844 bits per heavy atom. The van der Waals surface area contributed by atoms with E-state index in [1.54, 1.807) is 36.4 Å². The standard InChI is InChI=1S/C22H18F3O4S3/c1-14(2)31(26,27)19-12-11-15(13-16(19)22(23,24)25)30-17-7-3-5-9-20(17)32(28,29)21-10-6-4-8-18(21)30/h3-14H,1-2H3/q+1. The van der Waals surface area contributed by atoms with Crippen molar-refractivity contribution in [2.75, 3.05) is 0 Å². The Balaban J connectivity index is 2.04. The van der Waals surface area contributed by atoms with Crippen molar-refractivity contribution in [3.05, 3.63) is 72.3 Å². The van der Waals surface area contributed by atoms with Gasteiger partial charge in [0.05, 0.1) is 15.7 Å². The van der Waals surface area contributed by atoms with Gasteiger partial charge in [0.25, 0.3) is 0 Å². The molecule has 3 aromatic rings. The largest absolute Gasteiger partial charge is 0.417 e. The number of hydrogen-bond donors (Lipinski definition) is 0. The van der Waals surface area contributed by atoms with E-state index < -0.39 is 52.5 Å². The van der Waals surface area contributed by atoms with Gasteiger partial charge in [-0.25, -0.2) is 16.8 Å². The van der Waals surface area contributed by atoms with Crippen LogP contribution < -0.4 is 0 Å². The molecular weight excluding hydrogens is 481 g/mol. The topological polar surface area (TPSA) is 68.3 Å². The Hall–Kier alpha value is -2.30. The van der Waals surface area contributed by atoms with E-state index in [0.717, 1.165) is 12.1 Å². The monoisotopic (exact) mass is 499 g/mol. The molecule has 0 bridgehead atoms. The second-order valence-electron chi connectivity index (χ2n) is 7.45. The molecular formula is C22H18F3O4S3+. The summed E-state index contributed by atoms with van der Waals surface area (Å²) in [5, 5.41) is -1.03. The van der Waals surface area contributed by atoms with E-state index in [1.807, 2.05) is 0 Å². The lowest BCUT2D eigenvalue weighted by molar-refractivity contribution is -0.140. The minimum absolute atomic E-state index is 0.0365. The molecule has 1 aliphatic heterocycles. The van der Waals surface area contributed by atoms with Gasteiger partial charge in [-0.05, 0) is 50.2 Å². The molecule has 168 valence electrons. The first kappa shape index (κ1) is 22.9. The number of rotatable bonds is 3. The maximum absolute atomic E-state index is 13.9. The van der Waals surface area contributed by atoms with E-state index in [1.165, 1.54) is 32.0 Å². The molecule has 0 saturated heterocycles. The SMILES string of the molecule is CC(C)S(=O)(=O)c1ccc([S+]2c3ccccc3S(=O)(=O)c3ccccc32)cc1C(F)(F)F. The molecule has 0 aliphatic carbocycles. The molecule has 0 N–H and O–H groups in total. The highest BCUT2D eigenvalue weighted by Crippen LogP contribution is 2.46. The van der Waals surface area contributed by atoms with Gasteiger partial charge in [0, 0.05) is 6.07 Å². The first-order valence-corrected chi connectivity index (χ1v) is 13.7. The van der Waals surface area contributed by atoms with Gasteiger partial charge in [0.15, 0.2) is 24.5 Å². The zero-order valence-corrected chi connectivity index (χ0v) is 19.4. The maximum atomic E-state index is 13.9. The van der Waals surface area contributed by atoms with E-state index in [4.69, 9.17) is 0 Å². The quantitative estimate of drug-likeness (QED) is 0.367. The molecule has 0 spiro atoms. The summed E-state index contributed by atoms with van der Waals surface area (Å²) in [4.78, 5) is 0.231. The fourth-order valence-electron chi connectivity index (χ4n) is 3.53. The predicted octanol–water partition coefficient (Wildman–Crippen LogP) is 5.13. The van der Waals surface area contributed by atoms with Crippen LogP contribution in [0, 0.1) is 0 Å². The average Bonchev–Trinajstić information content (AvgIpc) is 2.73. The van der Waals surface area contributed by atoms with Crippen LogP contribution in [0.2, 0.25) is 0 Å². The van der Waals surface area contributed by atoms with Gasteiger partial charge in [-0.15, -0.1) is 0 Å². The summed E-state index contributed by atoms with van der Waals surface area (Å²) in [6.45, 7) is 2.65. The maximum Gasteiger partial charge on any atom is 0.417 e. The smallest absolute Gasteiger partial charge is 0.223 e. The zero-order chi connectivity index (χ0) is 23.5. The van der Waals surface area contributed by atoms with E-state index in [0.29, 0.717) is 9.79 Å². The summed E-state index contributed by atoms with van der Waals surface area (Å²) in [5.74, 6) is 0. The Kier molecular flexibility index (Phi) is 5.46. The molecule has 0 radical (unpaired) electrons. The van der Waals surface area contributed by atoms with Crippen molar-refractivity contribution in [1.82, 2.24) is 0 Å². The summed E-state index contributed by atoms with van der Waals surface area (Å²) >= 11 is 0. The first-order chi connectivity index (χ1) is 14.9. The lowest BCUT2D eigenvalue weighted by atomic mass is 10.2. The third-order valence-electron chi connectivity index (χ3n) is 5.14. The summed E-state index contributed by atoms with van der Waals surface area (Å²) in [5.41, 5.74) is -1.25. The fraction of sp³-hybridized carbons (Fsp3) is 0.182. The van der Waals surface area contributed by atoms with Crippen LogP contribution in [0.5, 0.6) is 0 Å². The van der Waals surface area contributed by atoms with E-state index in [-0.39, 0.29) is 14.7 Å². The van der Waals surface area contributed by atoms with Gasteiger partial charge in [0.2, 0.25) is 9.84 Å². The van der Waals surface area contributed by atoms with Crippen LogP contribution in [-0.4, -0.2) is 22.1 Å². The molecule has 10 heteroatoms. The number of hydrogen-bond acceptors (Lipinski definition) is 4. The van der Waals surface area contributed by atoms with Crippen LogP contribution in [0.15, 0.2) is 96.1 Å².